The van der Waals surface area contributed by atoms with E-state index in [9.17, 15) is 0 Å². The van der Waals surface area contributed by atoms with Crippen molar-refractivity contribution in [1.29, 1.82) is 0 Å². The van der Waals surface area contributed by atoms with Crippen LogP contribution in [0.3, 0.4) is 0 Å². The van der Waals surface area contributed by atoms with Crippen molar-refractivity contribution in [3.63, 3.8) is 0 Å². The van der Waals surface area contributed by atoms with E-state index in [0.717, 1.165) is 24.5 Å². The first kappa shape index (κ1) is 12.1. The molecule has 1 fully saturated rings. The van der Waals surface area contributed by atoms with Crippen molar-refractivity contribution < 1.29 is 0 Å². The van der Waals surface area contributed by atoms with Crippen LogP contribution in [0, 0.1) is 18.8 Å². The Hall–Kier alpha value is -1.36. The van der Waals surface area contributed by atoms with Gasteiger partial charge in [0.25, 0.3) is 0 Å². The van der Waals surface area contributed by atoms with Crippen LogP contribution in [-0.2, 0) is 0 Å². The van der Waals surface area contributed by atoms with Crippen molar-refractivity contribution in [2.24, 2.45) is 17.7 Å². The highest BCUT2D eigenvalue weighted by Gasteiger charge is 2.24. The topological polar surface area (TPSA) is 67.1 Å². The summed E-state index contributed by atoms with van der Waals surface area (Å²) in [7, 11) is 0. The average molecular weight is 235 g/mol. The van der Waals surface area contributed by atoms with Gasteiger partial charge in [-0.3, -0.25) is 0 Å². The Morgan fingerprint density at radius 3 is 2.53 bits per heavy atom. The molecule has 1 aliphatic heterocycles. The second-order valence-electron chi connectivity index (χ2n) is 5.17. The first-order valence-electron chi connectivity index (χ1n) is 6.15. The number of hydrogen-bond donors (Lipinski definition) is 2. The van der Waals surface area contributed by atoms with Crippen molar-refractivity contribution in [3.05, 3.63) is 11.9 Å². The average Bonchev–Trinajstić information content (AvgIpc) is 2.28. The summed E-state index contributed by atoms with van der Waals surface area (Å²) in [4.78, 5) is 10.9. The van der Waals surface area contributed by atoms with Gasteiger partial charge in [-0.1, -0.05) is 13.8 Å². The summed E-state index contributed by atoms with van der Waals surface area (Å²) in [6.45, 7) is 8.72. The zero-order valence-corrected chi connectivity index (χ0v) is 10.8. The molecule has 2 atom stereocenters. The van der Waals surface area contributed by atoms with Crippen LogP contribution < -0.4 is 16.2 Å². The summed E-state index contributed by atoms with van der Waals surface area (Å²) < 4.78 is 0. The van der Waals surface area contributed by atoms with Crippen LogP contribution in [0.15, 0.2) is 6.33 Å². The first-order valence-corrected chi connectivity index (χ1v) is 6.15. The standard InChI is InChI=1S/C12H21N5/c1-8-4-9(2)6-17(5-8)12-10(3)11(16-13)14-7-15-12/h7-9H,4-6,13H2,1-3H3,(H,14,15,16). The molecule has 0 bridgehead atoms. The fourth-order valence-electron chi connectivity index (χ4n) is 2.74. The zero-order chi connectivity index (χ0) is 12.4. The van der Waals surface area contributed by atoms with Gasteiger partial charge in [0, 0.05) is 18.7 Å². The summed E-state index contributed by atoms with van der Waals surface area (Å²) in [5.41, 5.74) is 3.64. The van der Waals surface area contributed by atoms with Gasteiger partial charge in [0.05, 0.1) is 0 Å². The largest absolute Gasteiger partial charge is 0.356 e. The molecule has 2 unspecified atom stereocenters. The molecule has 5 nitrogen and oxygen atoms in total. The number of hydrogen-bond acceptors (Lipinski definition) is 5. The molecule has 0 spiro atoms. The highest BCUT2D eigenvalue weighted by Crippen LogP contribution is 2.28. The predicted octanol–water partition coefficient (Wildman–Crippen LogP) is 1.55. The third kappa shape index (κ3) is 2.49. The van der Waals surface area contributed by atoms with E-state index in [0.29, 0.717) is 17.7 Å². The molecule has 1 aromatic heterocycles. The lowest BCUT2D eigenvalue weighted by Crippen LogP contribution is -2.39. The third-order valence-electron chi connectivity index (χ3n) is 3.36. The van der Waals surface area contributed by atoms with E-state index in [-0.39, 0.29) is 0 Å². The minimum absolute atomic E-state index is 0.709. The molecular weight excluding hydrogens is 214 g/mol. The van der Waals surface area contributed by atoms with Crippen molar-refractivity contribution in [1.82, 2.24) is 9.97 Å². The van der Waals surface area contributed by atoms with Gasteiger partial charge in [0.2, 0.25) is 0 Å². The quantitative estimate of drug-likeness (QED) is 0.601. The Balaban J connectivity index is 2.27. The third-order valence-corrected chi connectivity index (χ3v) is 3.36. The number of nitrogen functional groups attached to an aromatic ring is 1. The Bertz CT molecular complexity index is 382. The van der Waals surface area contributed by atoms with E-state index >= 15 is 0 Å². The van der Waals surface area contributed by atoms with Crippen LogP contribution in [0.2, 0.25) is 0 Å². The maximum atomic E-state index is 5.44. The summed E-state index contributed by atoms with van der Waals surface area (Å²) >= 11 is 0. The van der Waals surface area contributed by atoms with Crippen LogP contribution >= 0.6 is 0 Å². The lowest BCUT2D eigenvalue weighted by Gasteiger charge is -2.36. The predicted molar refractivity (Wildman–Crippen MR) is 69.7 cm³/mol. The van der Waals surface area contributed by atoms with Gasteiger partial charge in [0.1, 0.15) is 18.0 Å². The lowest BCUT2D eigenvalue weighted by molar-refractivity contribution is 0.355. The molecule has 94 valence electrons. The van der Waals surface area contributed by atoms with Gasteiger partial charge >= 0.3 is 0 Å². The highest BCUT2D eigenvalue weighted by atomic mass is 15.3. The van der Waals surface area contributed by atoms with E-state index in [1.807, 2.05) is 6.92 Å². The van der Waals surface area contributed by atoms with Gasteiger partial charge in [0.15, 0.2) is 0 Å². The van der Waals surface area contributed by atoms with Crippen molar-refractivity contribution in [2.45, 2.75) is 27.2 Å². The van der Waals surface area contributed by atoms with Gasteiger partial charge in [-0.05, 0) is 25.2 Å². The molecule has 1 saturated heterocycles. The Morgan fingerprint density at radius 1 is 1.29 bits per heavy atom. The number of nitrogens with one attached hydrogen (secondary N) is 1. The van der Waals surface area contributed by atoms with Crippen LogP contribution in [0.5, 0.6) is 0 Å². The second kappa shape index (κ2) is 4.87. The second-order valence-corrected chi connectivity index (χ2v) is 5.17. The molecule has 2 rings (SSSR count). The monoisotopic (exact) mass is 235 g/mol. The minimum atomic E-state index is 0.709. The molecule has 0 aliphatic carbocycles. The SMILES string of the molecule is Cc1c(NN)ncnc1N1CC(C)CC(C)C1. The number of piperidine rings is 1. The first-order chi connectivity index (χ1) is 8.11. The molecule has 1 aliphatic rings. The van der Waals surface area contributed by atoms with Crippen LogP contribution in [0.1, 0.15) is 25.8 Å². The maximum Gasteiger partial charge on any atom is 0.148 e. The van der Waals surface area contributed by atoms with E-state index < -0.39 is 0 Å². The molecular formula is C12H21N5. The molecule has 17 heavy (non-hydrogen) atoms. The number of nitrogens with two attached hydrogens (primary N) is 1. The molecule has 1 aromatic rings. The maximum absolute atomic E-state index is 5.44. The zero-order valence-electron chi connectivity index (χ0n) is 10.8. The van der Waals surface area contributed by atoms with Gasteiger partial charge in [-0.2, -0.15) is 0 Å². The molecule has 3 N–H and O–H groups in total. The van der Waals surface area contributed by atoms with E-state index in [1.165, 1.54) is 6.42 Å². The van der Waals surface area contributed by atoms with Crippen molar-refractivity contribution in [3.8, 4) is 0 Å². The summed E-state index contributed by atoms with van der Waals surface area (Å²) in [5, 5.41) is 0. The molecule has 0 aromatic carbocycles. The summed E-state index contributed by atoms with van der Waals surface area (Å²) in [5.74, 6) is 8.58. The van der Waals surface area contributed by atoms with Gasteiger partial charge < -0.3 is 10.3 Å². The van der Waals surface area contributed by atoms with Gasteiger partial charge in [-0.25, -0.2) is 15.8 Å². The summed E-state index contributed by atoms with van der Waals surface area (Å²) in [6, 6.07) is 0. The van der Waals surface area contributed by atoms with E-state index in [1.54, 1.807) is 6.33 Å². The molecule has 0 radical (unpaired) electrons. The minimum Gasteiger partial charge on any atom is -0.356 e. The molecule has 5 heteroatoms. The van der Waals surface area contributed by atoms with Crippen molar-refractivity contribution >= 4 is 11.6 Å². The van der Waals surface area contributed by atoms with Crippen LogP contribution in [-0.4, -0.2) is 23.1 Å². The normalized spacial score (nSPS) is 24.8. The van der Waals surface area contributed by atoms with Gasteiger partial charge in [-0.15, -0.1) is 0 Å². The number of nitrogens with zero attached hydrogens (tertiary/aromatic N) is 3. The summed E-state index contributed by atoms with van der Waals surface area (Å²) in [6.07, 6.45) is 2.87. The molecule has 0 saturated carbocycles. The molecule has 2 heterocycles. The molecule has 0 amide bonds. The number of hydrazine groups is 1. The highest BCUT2D eigenvalue weighted by molar-refractivity contribution is 5.57. The Morgan fingerprint density at radius 2 is 1.94 bits per heavy atom. The Labute approximate surface area is 102 Å². The van der Waals surface area contributed by atoms with Crippen LogP contribution in [0.25, 0.3) is 0 Å². The smallest absolute Gasteiger partial charge is 0.148 e. The number of rotatable bonds is 2. The number of anilines is 2. The fourth-order valence-corrected chi connectivity index (χ4v) is 2.74. The van der Waals surface area contributed by atoms with Crippen LogP contribution in [0.4, 0.5) is 11.6 Å². The van der Waals surface area contributed by atoms with Crippen molar-refractivity contribution in [2.75, 3.05) is 23.4 Å². The van der Waals surface area contributed by atoms with E-state index in [2.05, 4.69) is 34.1 Å². The lowest BCUT2D eigenvalue weighted by atomic mass is 9.92. The number of aromatic nitrogens is 2. The fraction of sp³-hybridized carbons (Fsp3) is 0.667. The van der Waals surface area contributed by atoms with E-state index in [4.69, 9.17) is 5.84 Å². The Kier molecular flexibility index (Phi) is 3.47.